The maximum Gasteiger partial charge on any atom is 0.193 e. The highest BCUT2D eigenvalue weighted by atomic mass is 19.1. The van der Waals surface area contributed by atoms with Gasteiger partial charge in [0.1, 0.15) is 6.10 Å². The van der Waals surface area contributed by atoms with E-state index in [4.69, 9.17) is 4.74 Å². The summed E-state index contributed by atoms with van der Waals surface area (Å²) < 4.78 is 18.6. The molecule has 1 unspecified atom stereocenters. The molecule has 0 amide bonds. The average Bonchev–Trinajstić information content (AvgIpc) is 2.55. The number of hydrogen-bond acceptors (Lipinski definition) is 5. The molecule has 2 aromatic rings. The highest BCUT2D eigenvalue weighted by Gasteiger charge is 2.28. The number of aryl methyl sites for hydroxylation is 1. The van der Waals surface area contributed by atoms with Gasteiger partial charge in [0, 0.05) is 17.5 Å². The number of ether oxygens (including phenoxy) is 1. The molecule has 2 heterocycles. The lowest BCUT2D eigenvalue weighted by molar-refractivity contribution is 0.0983. The molecule has 0 aliphatic carbocycles. The highest BCUT2D eigenvalue weighted by molar-refractivity contribution is 6.10. The molecule has 0 saturated carbocycles. The Hall–Kier alpha value is -2.73. The summed E-state index contributed by atoms with van der Waals surface area (Å²) in [5.74, 6) is -1.05. The summed E-state index contributed by atoms with van der Waals surface area (Å²) >= 11 is 0. The topological polar surface area (TPSA) is 71.5 Å². The van der Waals surface area contributed by atoms with Crippen LogP contribution in [0.1, 0.15) is 27.8 Å². The minimum absolute atomic E-state index is 0.0560. The Morgan fingerprint density at radius 1 is 1.35 bits per heavy atom. The number of pyridine rings is 1. The van der Waals surface area contributed by atoms with Crippen LogP contribution in [0.2, 0.25) is 0 Å². The normalized spacial score (nSPS) is 16.2. The van der Waals surface area contributed by atoms with Gasteiger partial charge in [0.25, 0.3) is 0 Å². The second kappa shape index (κ2) is 5.81. The van der Waals surface area contributed by atoms with Gasteiger partial charge in [0.15, 0.2) is 17.3 Å². The van der Waals surface area contributed by atoms with Gasteiger partial charge in [0.2, 0.25) is 0 Å². The number of carbonyl (C=O) groups excluding carboxylic acids is 1. The standard InChI is InChI=1S/C17H15FN2O3/c1-9-3-5-13-15(20-9)17(22)11(8-19-13)16(21)10-4-6-14(23-2)12(18)7-10/h3-8,17,19,22H,1-2H3. The molecule has 0 spiro atoms. The Morgan fingerprint density at radius 3 is 2.83 bits per heavy atom. The van der Waals surface area contributed by atoms with Crippen LogP contribution in [0.25, 0.3) is 0 Å². The molecule has 0 fully saturated rings. The predicted octanol–water partition coefficient (Wildman–Crippen LogP) is 2.76. The van der Waals surface area contributed by atoms with Gasteiger partial charge in [-0.15, -0.1) is 0 Å². The van der Waals surface area contributed by atoms with Gasteiger partial charge in [-0.05, 0) is 37.3 Å². The van der Waals surface area contributed by atoms with Crippen molar-refractivity contribution >= 4 is 11.5 Å². The number of rotatable bonds is 3. The third-order valence-electron chi connectivity index (χ3n) is 3.68. The van der Waals surface area contributed by atoms with E-state index in [1.165, 1.54) is 25.4 Å². The smallest absolute Gasteiger partial charge is 0.193 e. The van der Waals surface area contributed by atoms with Gasteiger partial charge < -0.3 is 15.2 Å². The molecule has 0 radical (unpaired) electrons. The van der Waals surface area contributed by atoms with Crippen LogP contribution in [0, 0.1) is 12.7 Å². The predicted molar refractivity (Wildman–Crippen MR) is 82.9 cm³/mol. The number of aromatic nitrogens is 1. The molecule has 6 heteroatoms. The summed E-state index contributed by atoms with van der Waals surface area (Å²) in [5, 5.41) is 13.4. The van der Waals surface area contributed by atoms with Crippen LogP contribution >= 0.6 is 0 Å². The third-order valence-corrected chi connectivity index (χ3v) is 3.68. The lowest BCUT2D eigenvalue weighted by Gasteiger charge is -2.22. The number of nitrogens with one attached hydrogen (secondary N) is 1. The van der Waals surface area contributed by atoms with Crippen molar-refractivity contribution in [3.8, 4) is 5.75 Å². The molecular formula is C17H15FN2O3. The number of methoxy groups -OCH3 is 1. The van der Waals surface area contributed by atoms with Gasteiger partial charge in [-0.3, -0.25) is 9.78 Å². The SMILES string of the molecule is COc1ccc(C(=O)C2=CNc3ccc(C)nc3C2O)cc1F. The van der Waals surface area contributed by atoms with Gasteiger partial charge in [-0.2, -0.15) is 0 Å². The maximum absolute atomic E-state index is 13.8. The van der Waals surface area contributed by atoms with E-state index in [0.29, 0.717) is 11.4 Å². The van der Waals surface area contributed by atoms with E-state index in [2.05, 4.69) is 10.3 Å². The van der Waals surface area contributed by atoms with Crippen LogP contribution in [0.15, 0.2) is 42.1 Å². The summed E-state index contributed by atoms with van der Waals surface area (Å²) in [6, 6.07) is 7.51. The number of aliphatic hydroxyl groups is 1. The number of nitrogens with zero attached hydrogens (tertiary/aromatic N) is 1. The Kier molecular flexibility index (Phi) is 3.83. The molecule has 23 heavy (non-hydrogen) atoms. The second-order valence-electron chi connectivity index (χ2n) is 5.21. The first kappa shape index (κ1) is 15.2. The molecule has 0 bridgehead atoms. The van der Waals surface area contributed by atoms with E-state index >= 15 is 0 Å². The number of halogens is 1. The molecule has 1 aliphatic heterocycles. The zero-order valence-electron chi connectivity index (χ0n) is 12.6. The Labute approximate surface area is 132 Å². The van der Waals surface area contributed by atoms with Gasteiger partial charge in [-0.1, -0.05) is 0 Å². The van der Waals surface area contributed by atoms with Crippen LogP contribution in [0.3, 0.4) is 0 Å². The van der Waals surface area contributed by atoms with Crippen LogP contribution in [0.4, 0.5) is 10.1 Å². The first-order valence-electron chi connectivity index (χ1n) is 7.01. The first-order valence-corrected chi connectivity index (χ1v) is 7.01. The van der Waals surface area contributed by atoms with Crippen LogP contribution in [0.5, 0.6) is 5.75 Å². The van der Waals surface area contributed by atoms with Gasteiger partial charge in [0.05, 0.1) is 24.1 Å². The Morgan fingerprint density at radius 2 is 2.13 bits per heavy atom. The molecule has 5 nitrogen and oxygen atoms in total. The monoisotopic (exact) mass is 314 g/mol. The number of carbonyl (C=O) groups is 1. The Balaban J connectivity index is 1.94. The second-order valence-corrected chi connectivity index (χ2v) is 5.21. The quantitative estimate of drug-likeness (QED) is 0.852. The summed E-state index contributed by atoms with van der Waals surface area (Å²) in [6.45, 7) is 1.80. The van der Waals surface area contributed by atoms with Crippen molar-refractivity contribution in [1.29, 1.82) is 0 Å². The van der Waals surface area contributed by atoms with Crippen LogP contribution in [-0.4, -0.2) is 23.0 Å². The molecule has 1 aromatic carbocycles. The largest absolute Gasteiger partial charge is 0.494 e. The molecule has 3 rings (SSSR count). The zero-order chi connectivity index (χ0) is 16.6. The molecule has 1 aliphatic rings. The maximum atomic E-state index is 13.8. The van der Waals surface area contributed by atoms with Crippen LogP contribution < -0.4 is 10.1 Å². The summed E-state index contributed by atoms with van der Waals surface area (Å²) in [4.78, 5) is 16.8. The number of hydrogen-bond donors (Lipinski definition) is 2. The van der Waals surface area contributed by atoms with Crippen molar-refractivity contribution in [2.24, 2.45) is 0 Å². The van der Waals surface area contributed by atoms with E-state index in [-0.39, 0.29) is 16.9 Å². The molecule has 2 N–H and O–H groups in total. The zero-order valence-corrected chi connectivity index (χ0v) is 12.6. The van der Waals surface area contributed by atoms with Crippen LogP contribution in [-0.2, 0) is 0 Å². The van der Waals surface area contributed by atoms with E-state index in [0.717, 1.165) is 11.8 Å². The molecule has 0 saturated heterocycles. The highest BCUT2D eigenvalue weighted by Crippen LogP contribution is 2.33. The first-order chi connectivity index (χ1) is 11.0. The summed E-state index contributed by atoms with van der Waals surface area (Å²) in [5.41, 5.74) is 1.99. The molecule has 1 aromatic heterocycles. The van der Waals surface area contributed by atoms with Gasteiger partial charge >= 0.3 is 0 Å². The lowest BCUT2D eigenvalue weighted by atomic mass is 9.94. The van der Waals surface area contributed by atoms with Gasteiger partial charge in [-0.25, -0.2) is 4.39 Å². The number of ketones is 1. The fourth-order valence-corrected chi connectivity index (χ4v) is 2.45. The van der Waals surface area contributed by atoms with E-state index in [9.17, 15) is 14.3 Å². The third kappa shape index (κ3) is 2.68. The number of Topliss-reactive ketones (excluding diaryl/α,β-unsaturated/α-hetero) is 1. The van der Waals surface area contributed by atoms with Crippen molar-refractivity contribution in [3.05, 3.63) is 64.9 Å². The van der Waals surface area contributed by atoms with Crippen molar-refractivity contribution in [2.75, 3.05) is 12.4 Å². The summed E-state index contributed by atoms with van der Waals surface area (Å²) in [6.07, 6.45) is 0.262. The minimum atomic E-state index is -1.16. The van der Waals surface area contributed by atoms with Crippen molar-refractivity contribution in [1.82, 2.24) is 4.98 Å². The molecule has 118 valence electrons. The number of benzene rings is 1. The number of anilines is 1. The average molecular weight is 314 g/mol. The molecular weight excluding hydrogens is 299 g/mol. The lowest BCUT2D eigenvalue weighted by Crippen LogP contribution is -2.20. The number of fused-ring (bicyclic) bond motifs is 1. The van der Waals surface area contributed by atoms with Crippen molar-refractivity contribution < 1.29 is 19.0 Å². The van der Waals surface area contributed by atoms with E-state index in [1.807, 2.05) is 0 Å². The number of aliphatic hydroxyl groups excluding tert-OH is 1. The Bertz CT molecular complexity index is 817. The fourth-order valence-electron chi connectivity index (χ4n) is 2.45. The fraction of sp³-hybridized carbons (Fsp3) is 0.176. The minimum Gasteiger partial charge on any atom is -0.494 e. The van der Waals surface area contributed by atoms with E-state index < -0.39 is 17.7 Å². The van der Waals surface area contributed by atoms with E-state index in [1.54, 1.807) is 19.1 Å². The molecule has 1 atom stereocenters. The van der Waals surface area contributed by atoms with Crippen molar-refractivity contribution in [2.45, 2.75) is 13.0 Å². The van der Waals surface area contributed by atoms with Crippen molar-refractivity contribution in [3.63, 3.8) is 0 Å². The summed E-state index contributed by atoms with van der Waals surface area (Å²) in [7, 11) is 1.35.